The van der Waals surface area contributed by atoms with Gasteiger partial charge in [0.1, 0.15) is 0 Å². The maximum Gasteiger partial charge on any atom is 0.303 e. The van der Waals surface area contributed by atoms with Gasteiger partial charge in [-0.3, -0.25) is 9.59 Å². The van der Waals surface area contributed by atoms with Crippen LogP contribution in [0.1, 0.15) is 38.2 Å². The number of carboxylic acid groups (broad SMARTS) is 1. The van der Waals surface area contributed by atoms with Crippen molar-refractivity contribution in [2.45, 2.75) is 45.1 Å². The molecule has 1 atom stereocenters. The molecule has 1 aromatic carbocycles. The lowest BCUT2D eigenvalue weighted by atomic mass is 10.1. The Morgan fingerprint density at radius 2 is 1.89 bits per heavy atom. The molecule has 104 valence electrons. The minimum atomic E-state index is -0.789. The van der Waals surface area contributed by atoms with E-state index in [1.807, 2.05) is 37.3 Å². The summed E-state index contributed by atoms with van der Waals surface area (Å²) in [6, 6.07) is 9.91. The number of aryl methyl sites for hydroxylation is 1. The number of rotatable bonds is 8. The number of carboxylic acids is 1. The Labute approximate surface area is 113 Å². The minimum Gasteiger partial charge on any atom is -0.481 e. The van der Waals surface area contributed by atoms with Crippen LogP contribution in [-0.4, -0.2) is 23.0 Å². The molecule has 4 heteroatoms. The zero-order valence-corrected chi connectivity index (χ0v) is 11.3. The second-order valence-corrected chi connectivity index (χ2v) is 4.74. The molecule has 0 saturated heterocycles. The predicted octanol–water partition coefficient (Wildman–Crippen LogP) is 2.38. The lowest BCUT2D eigenvalue weighted by Crippen LogP contribution is -2.32. The average Bonchev–Trinajstić information content (AvgIpc) is 2.37. The first-order chi connectivity index (χ1) is 9.08. The van der Waals surface area contributed by atoms with Gasteiger partial charge < -0.3 is 10.4 Å². The van der Waals surface area contributed by atoms with Crippen molar-refractivity contribution >= 4 is 11.9 Å². The predicted molar refractivity (Wildman–Crippen MR) is 73.9 cm³/mol. The van der Waals surface area contributed by atoms with Crippen LogP contribution in [0.15, 0.2) is 30.3 Å². The minimum absolute atomic E-state index is 0.0201. The molecule has 19 heavy (non-hydrogen) atoms. The van der Waals surface area contributed by atoms with E-state index >= 15 is 0 Å². The van der Waals surface area contributed by atoms with Crippen LogP contribution in [0.4, 0.5) is 0 Å². The zero-order chi connectivity index (χ0) is 14.1. The summed E-state index contributed by atoms with van der Waals surface area (Å²) >= 11 is 0. The average molecular weight is 263 g/mol. The molecule has 0 aromatic heterocycles. The quantitative estimate of drug-likeness (QED) is 0.756. The van der Waals surface area contributed by atoms with Crippen molar-refractivity contribution in [2.24, 2.45) is 0 Å². The molecule has 1 amide bonds. The second-order valence-electron chi connectivity index (χ2n) is 4.74. The summed E-state index contributed by atoms with van der Waals surface area (Å²) in [6.07, 6.45) is 2.64. The third-order valence-electron chi connectivity index (χ3n) is 2.92. The fourth-order valence-electron chi connectivity index (χ4n) is 1.88. The first-order valence-electron chi connectivity index (χ1n) is 6.63. The number of benzene rings is 1. The molecule has 0 spiro atoms. The van der Waals surface area contributed by atoms with E-state index in [9.17, 15) is 9.59 Å². The topological polar surface area (TPSA) is 66.4 Å². The van der Waals surface area contributed by atoms with Crippen LogP contribution in [0.5, 0.6) is 0 Å². The number of carbonyl (C=O) groups excluding carboxylic acids is 1. The molecular formula is C15H21NO3. The standard InChI is InChI=1S/C15H21NO3/c1-12(6-5-9-15(18)19)16-14(17)11-10-13-7-3-2-4-8-13/h2-4,7-8,12H,5-6,9-11H2,1H3,(H,16,17)(H,18,19). The van der Waals surface area contributed by atoms with Gasteiger partial charge in [-0.15, -0.1) is 0 Å². The molecule has 4 nitrogen and oxygen atoms in total. The summed E-state index contributed by atoms with van der Waals surface area (Å²) in [5.41, 5.74) is 1.15. The second kappa shape index (κ2) is 8.29. The number of hydrogen-bond donors (Lipinski definition) is 2. The van der Waals surface area contributed by atoms with Gasteiger partial charge in [-0.05, 0) is 31.7 Å². The first-order valence-corrected chi connectivity index (χ1v) is 6.63. The summed E-state index contributed by atoms with van der Waals surface area (Å²) < 4.78 is 0. The van der Waals surface area contributed by atoms with Crippen molar-refractivity contribution in [1.29, 1.82) is 0 Å². The lowest BCUT2D eigenvalue weighted by molar-refractivity contribution is -0.137. The van der Waals surface area contributed by atoms with Crippen molar-refractivity contribution in [3.05, 3.63) is 35.9 Å². The van der Waals surface area contributed by atoms with Crippen molar-refractivity contribution < 1.29 is 14.7 Å². The first kappa shape index (κ1) is 15.2. The highest BCUT2D eigenvalue weighted by molar-refractivity contribution is 5.76. The van der Waals surface area contributed by atoms with Gasteiger partial charge in [0.15, 0.2) is 0 Å². The number of hydrogen-bond acceptors (Lipinski definition) is 2. The Balaban J connectivity index is 2.18. The summed E-state index contributed by atoms with van der Waals surface area (Å²) in [6.45, 7) is 1.91. The van der Waals surface area contributed by atoms with Gasteiger partial charge in [0.2, 0.25) is 5.91 Å². The molecule has 0 fully saturated rings. The van der Waals surface area contributed by atoms with E-state index in [2.05, 4.69) is 5.32 Å². The Hall–Kier alpha value is -1.84. The Bertz CT molecular complexity index is 403. The van der Waals surface area contributed by atoms with Crippen LogP contribution < -0.4 is 5.32 Å². The molecule has 0 heterocycles. The molecule has 0 aliphatic heterocycles. The molecule has 2 N–H and O–H groups in total. The van der Waals surface area contributed by atoms with E-state index in [-0.39, 0.29) is 18.4 Å². The molecule has 1 rings (SSSR count). The highest BCUT2D eigenvalue weighted by Crippen LogP contribution is 2.04. The third kappa shape index (κ3) is 7.24. The monoisotopic (exact) mass is 263 g/mol. The number of amides is 1. The van der Waals surface area contributed by atoms with Gasteiger partial charge in [-0.2, -0.15) is 0 Å². The molecule has 0 bridgehead atoms. The van der Waals surface area contributed by atoms with Crippen molar-refractivity contribution in [3.63, 3.8) is 0 Å². The van der Waals surface area contributed by atoms with Crippen LogP contribution in [0.2, 0.25) is 0 Å². The SMILES string of the molecule is CC(CCCC(=O)O)NC(=O)CCc1ccccc1. The Kier molecular flexibility index (Phi) is 6.64. The van der Waals surface area contributed by atoms with E-state index in [0.29, 0.717) is 19.3 Å². The lowest BCUT2D eigenvalue weighted by Gasteiger charge is -2.13. The van der Waals surface area contributed by atoms with Gasteiger partial charge in [0.05, 0.1) is 0 Å². The molecule has 1 aromatic rings. The van der Waals surface area contributed by atoms with Crippen LogP contribution in [-0.2, 0) is 16.0 Å². The fourth-order valence-corrected chi connectivity index (χ4v) is 1.88. The van der Waals surface area contributed by atoms with Crippen LogP contribution >= 0.6 is 0 Å². The highest BCUT2D eigenvalue weighted by atomic mass is 16.4. The smallest absolute Gasteiger partial charge is 0.303 e. The van der Waals surface area contributed by atoms with E-state index < -0.39 is 5.97 Å². The van der Waals surface area contributed by atoms with Crippen LogP contribution in [0, 0.1) is 0 Å². The molecule has 0 aliphatic carbocycles. The fraction of sp³-hybridized carbons (Fsp3) is 0.467. The molecular weight excluding hydrogens is 242 g/mol. The van der Waals surface area contributed by atoms with Crippen LogP contribution in [0.25, 0.3) is 0 Å². The summed E-state index contributed by atoms with van der Waals surface area (Å²) in [7, 11) is 0. The zero-order valence-electron chi connectivity index (χ0n) is 11.3. The Morgan fingerprint density at radius 3 is 2.53 bits per heavy atom. The van der Waals surface area contributed by atoms with Crippen molar-refractivity contribution in [3.8, 4) is 0 Å². The van der Waals surface area contributed by atoms with Gasteiger partial charge >= 0.3 is 5.97 Å². The summed E-state index contributed by atoms with van der Waals surface area (Å²) in [4.78, 5) is 22.1. The number of aliphatic carboxylic acids is 1. The van der Waals surface area contributed by atoms with Crippen molar-refractivity contribution in [1.82, 2.24) is 5.32 Å². The molecule has 1 unspecified atom stereocenters. The maximum absolute atomic E-state index is 11.7. The van der Waals surface area contributed by atoms with E-state index in [0.717, 1.165) is 12.0 Å². The van der Waals surface area contributed by atoms with E-state index in [4.69, 9.17) is 5.11 Å². The summed E-state index contributed by atoms with van der Waals surface area (Å²) in [5.74, 6) is -0.769. The number of nitrogens with one attached hydrogen (secondary N) is 1. The van der Waals surface area contributed by atoms with Gasteiger partial charge in [0, 0.05) is 18.9 Å². The Morgan fingerprint density at radius 1 is 1.21 bits per heavy atom. The van der Waals surface area contributed by atoms with E-state index in [1.54, 1.807) is 0 Å². The van der Waals surface area contributed by atoms with Crippen LogP contribution in [0.3, 0.4) is 0 Å². The molecule has 0 radical (unpaired) electrons. The van der Waals surface area contributed by atoms with Crippen molar-refractivity contribution in [2.75, 3.05) is 0 Å². The number of carbonyl (C=O) groups is 2. The largest absolute Gasteiger partial charge is 0.481 e. The molecule has 0 aliphatic rings. The van der Waals surface area contributed by atoms with Gasteiger partial charge in [-0.25, -0.2) is 0 Å². The van der Waals surface area contributed by atoms with Gasteiger partial charge in [0.25, 0.3) is 0 Å². The highest BCUT2D eigenvalue weighted by Gasteiger charge is 2.08. The maximum atomic E-state index is 11.7. The normalized spacial score (nSPS) is 11.8. The third-order valence-corrected chi connectivity index (χ3v) is 2.92. The summed E-state index contributed by atoms with van der Waals surface area (Å²) in [5, 5.41) is 11.4. The van der Waals surface area contributed by atoms with E-state index in [1.165, 1.54) is 0 Å². The molecule has 0 saturated carbocycles. The van der Waals surface area contributed by atoms with Gasteiger partial charge in [-0.1, -0.05) is 30.3 Å².